The molecule has 0 aromatic heterocycles. The molecule has 0 atom stereocenters. The van der Waals surface area contributed by atoms with Crippen molar-refractivity contribution in [1.82, 2.24) is 10.2 Å². The number of carbonyl (C=O) groups is 1. The molecule has 1 aliphatic heterocycles. The van der Waals surface area contributed by atoms with Crippen LogP contribution in [0.1, 0.15) is 23.2 Å². The maximum atomic E-state index is 13.5. The molecule has 1 amide bonds. The van der Waals surface area contributed by atoms with E-state index in [4.69, 9.17) is 0 Å². The Morgan fingerprint density at radius 2 is 2.16 bits per heavy atom. The zero-order chi connectivity index (χ0) is 13.8. The number of benzene rings is 1. The molecule has 1 aliphatic rings. The van der Waals surface area contributed by atoms with Gasteiger partial charge >= 0.3 is 0 Å². The maximum Gasteiger partial charge on any atom is 0.258 e. The third kappa shape index (κ3) is 3.44. The predicted octanol–water partition coefficient (Wildman–Crippen LogP) is 1.60. The summed E-state index contributed by atoms with van der Waals surface area (Å²) in [4.78, 5) is 14.1. The van der Waals surface area contributed by atoms with Gasteiger partial charge in [0.2, 0.25) is 0 Å². The fourth-order valence-electron chi connectivity index (χ4n) is 2.33. The Hall–Kier alpha value is -1.62. The van der Waals surface area contributed by atoms with Crippen LogP contribution in [0.2, 0.25) is 0 Å². The first-order valence-electron chi connectivity index (χ1n) is 6.52. The average Bonchev–Trinajstić information content (AvgIpc) is 2.38. The second-order valence-corrected chi connectivity index (χ2v) is 5.09. The molecule has 104 valence electrons. The maximum absolute atomic E-state index is 13.5. The number of halogens is 1. The van der Waals surface area contributed by atoms with Gasteiger partial charge in [0.25, 0.3) is 5.91 Å². The lowest BCUT2D eigenvalue weighted by atomic mass is 9.97. The number of piperidine rings is 1. The van der Waals surface area contributed by atoms with Crippen molar-refractivity contribution < 1.29 is 14.3 Å². The molecule has 1 aromatic carbocycles. The number of nitrogens with one attached hydrogen (secondary N) is 1. The van der Waals surface area contributed by atoms with Crippen molar-refractivity contribution in [3.8, 4) is 5.75 Å². The van der Waals surface area contributed by atoms with E-state index in [1.807, 2.05) is 0 Å². The SMILES string of the molecule is CN1CCC(CNC(=O)c2c(O)cccc2F)CC1. The van der Waals surface area contributed by atoms with Crippen LogP contribution in [0.15, 0.2) is 18.2 Å². The van der Waals surface area contributed by atoms with Crippen LogP contribution in [0.4, 0.5) is 4.39 Å². The molecule has 1 heterocycles. The van der Waals surface area contributed by atoms with Crippen LogP contribution in [0.5, 0.6) is 5.75 Å². The lowest BCUT2D eigenvalue weighted by Crippen LogP contribution is -2.37. The average molecular weight is 266 g/mol. The Kier molecular flexibility index (Phi) is 4.37. The van der Waals surface area contributed by atoms with Crippen molar-refractivity contribution >= 4 is 5.91 Å². The van der Waals surface area contributed by atoms with Crippen molar-refractivity contribution in [2.75, 3.05) is 26.7 Å². The lowest BCUT2D eigenvalue weighted by molar-refractivity contribution is 0.0932. The highest BCUT2D eigenvalue weighted by Crippen LogP contribution is 2.20. The number of aromatic hydroxyl groups is 1. The third-order valence-corrected chi connectivity index (χ3v) is 3.61. The molecule has 5 heteroatoms. The molecule has 0 spiro atoms. The normalized spacial score (nSPS) is 17.4. The number of phenols is 1. The van der Waals surface area contributed by atoms with Crippen LogP contribution < -0.4 is 5.32 Å². The highest BCUT2D eigenvalue weighted by Gasteiger charge is 2.20. The third-order valence-electron chi connectivity index (χ3n) is 3.61. The smallest absolute Gasteiger partial charge is 0.258 e. The fraction of sp³-hybridized carbons (Fsp3) is 0.500. The van der Waals surface area contributed by atoms with Crippen molar-refractivity contribution in [3.63, 3.8) is 0 Å². The number of carbonyl (C=O) groups excluding carboxylic acids is 1. The highest BCUT2D eigenvalue weighted by atomic mass is 19.1. The molecule has 0 aliphatic carbocycles. The van der Waals surface area contributed by atoms with Gasteiger partial charge in [-0.05, 0) is 51.0 Å². The summed E-state index contributed by atoms with van der Waals surface area (Å²) in [5, 5.41) is 12.2. The fourth-order valence-corrected chi connectivity index (χ4v) is 2.33. The van der Waals surface area contributed by atoms with E-state index >= 15 is 0 Å². The second kappa shape index (κ2) is 6.02. The summed E-state index contributed by atoms with van der Waals surface area (Å²) in [5.74, 6) is -1.13. The molecule has 0 unspecified atom stereocenters. The summed E-state index contributed by atoms with van der Waals surface area (Å²) >= 11 is 0. The first-order valence-corrected chi connectivity index (χ1v) is 6.52. The standard InChI is InChI=1S/C14H19FN2O2/c1-17-7-5-10(6-8-17)9-16-14(19)13-11(15)3-2-4-12(13)18/h2-4,10,18H,5-9H2,1H3,(H,16,19). The van der Waals surface area contributed by atoms with E-state index in [0.717, 1.165) is 25.9 Å². The van der Waals surface area contributed by atoms with E-state index in [-0.39, 0.29) is 11.3 Å². The topological polar surface area (TPSA) is 52.6 Å². The van der Waals surface area contributed by atoms with Gasteiger partial charge in [0.1, 0.15) is 17.1 Å². The van der Waals surface area contributed by atoms with E-state index < -0.39 is 11.7 Å². The molecule has 0 saturated carbocycles. The summed E-state index contributed by atoms with van der Waals surface area (Å²) in [5.41, 5.74) is -0.268. The summed E-state index contributed by atoms with van der Waals surface area (Å²) in [6.45, 7) is 2.57. The Morgan fingerprint density at radius 1 is 1.47 bits per heavy atom. The largest absolute Gasteiger partial charge is 0.507 e. The zero-order valence-corrected chi connectivity index (χ0v) is 11.0. The van der Waals surface area contributed by atoms with E-state index in [1.54, 1.807) is 0 Å². The molecule has 4 nitrogen and oxygen atoms in total. The lowest BCUT2D eigenvalue weighted by Gasteiger charge is -2.28. The molecule has 1 saturated heterocycles. The summed E-state index contributed by atoms with van der Waals surface area (Å²) in [7, 11) is 2.08. The Balaban J connectivity index is 1.91. The predicted molar refractivity (Wildman–Crippen MR) is 70.6 cm³/mol. The van der Waals surface area contributed by atoms with Gasteiger partial charge in [-0.1, -0.05) is 6.07 Å². The highest BCUT2D eigenvalue weighted by molar-refractivity contribution is 5.97. The summed E-state index contributed by atoms with van der Waals surface area (Å²) < 4.78 is 13.5. The number of phenolic OH excluding ortho intramolecular Hbond substituents is 1. The van der Waals surface area contributed by atoms with Crippen LogP contribution in [0.3, 0.4) is 0 Å². The van der Waals surface area contributed by atoms with E-state index in [0.29, 0.717) is 12.5 Å². The van der Waals surface area contributed by atoms with Crippen molar-refractivity contribution in [1.29, 1.82) is 0 Å². The molecule has 2 rings (SSSR count). The molecular weight excluding hydrogens is 247 g/mol. The van der Waals surface area contributed by atoms with Gasteiger partial charge in [0, 0.05) is 6.54 Å². The monoisotopic (exact) mass is 266 g/mol. The van der Waals surface area contributed by atoms with Crippen molar-refractivity contribution in [2.24, 2.45) is 5.92 Å². The van der Waals surface area contributed by atoms with Gasteiger partial charge in [-0.25, -0.2) is 4.39 Å². The Bertz CT molecular complexity index is 437. The minimum absolute atomic E-state index is 0.268. The molecule has 2 N–H and O–H groups in total. The van der Waals surface area contributed by atoms with Crippen molar-refractivity contribution in [2.45, 2.75) is 12.8 Å². The van der Waals surface area contributed by atoms with Gasteiger partial charge in [0.15, 0.2) is 0 Å². The van der Waals surface area contributed by atoms with Gasteiger partial charge in [-0.3, -0.25) is 4.79 Å². The Labute approximate surface area is 112 Å². The quantitative estimate of drug-likeness (QED) is 0.874. The van der Waals surface area contributed by atoms with Gasteiger partial charge in [0.05, 0.1) is 0 Å². The second-order valence-electron chi connectivity index (χ2n) is 5.09. The van der Waals surface area contributed by atoms with Crippen LogP contribution in [-0.4, -0.2) is 42.6 Å². The molecule has 0 radical (unpaired) electrons. The number of nitrogens with zero attached hydrogens (tertiary/aromatic N) is 1. The zero-order valence-electron chi connectivity index (χ0n) is 11.0. The number of likely N-dealkylation sites (tertiary alicyclic amines) is 1. The molecule has 1 aromatic rings. The van der Waals surface area contributed by atoms with Gasteiger partial charge in [-0.15, -0.1) is 0 Å². The minimum atomic E-state index is -0.694. The first kappa shape index (κ1) is 13.8. The number of hydrogen-bond donors (Lipinski definition) is 2. The molecule has 0 bridgehead atoms. The summed E-state index contributed by atoms with van der Waals surface area (Å²) in [6.07, 6.45) is 2.06. The van der Waals surface area contributed by atoms with Gasteiger partial charge in [-0.2, -0.15) is 0 Å². The Morgan fingerprint density at radius 3 is 2.79 bits per heavy atom. The first-order chi connectivity index (χ1) is 9.08. The van der Waals surface area contributed by atoms with Crippen LogP contribution in [-0.2, 0) is 0 Å². The van der Waals surface area contributed by atoms with Crippen molar-refractivity contribution in [3.05, 3.63) is 29.6 Å². The van der Waals surface area contributed by atoms with E-state index in [2.05, 4.69) is 17.3 Å². The molecular formula is C14H19FN2O2. The summed E-state index contributed by atoms with van der Waals surface area (Å²) in [6, 6.07) is 3.86. The molecule has 1 fully saturated rings. The van der Waals surface area contributed by atoms with Crippen LogP contribution in [0, 0.1) is 11.7 Å². The number of rotatable bonds is 3. The van der Waals surface area contributed by atoms with Crippen LogP contribution in [0.25, 0.3) is 0 Å². The van der Waals surface area contributed by atoms with E-state index in [9.17, 15) is 14.3 Å². The van der Waals surface area contributed by atoms with Gasteiger partial charge < -0.3 is 15.3 Å². The molecule has 19 heavy (non-hydrogen) atoms. The minimum Gasteiger partial charge on any atom is -0.507 e. The van der Waals surface area contributed by atoms with Crippen LogP contribution >= 0.6 is 0 Å². The number of amides is 1. The number of hydrogen-bond acceptors (Lipinski definition) is 3. The van der Waals surface area contributed by atoms with E-state index in [1.165, 1.54) is 18.2 Å².